The second-order valence-electron chi connectivity index (χ2n) is 5.50. The first-order valence-electron chi connectivity index (χ1n) is 6.48. The summed E-state index contributed by atoms with van der Waals surface area (Å²) in [6.07, 6.45) is 0. The number of hydrogen-bond acceptors (Lipinski definition) is 1. The van der Waals surface area contributed by atoms with Crippen LogP contribution < -0.4 is 0 Å². The Hall–Kier alpha value is -2.02. The maximum absolute atomic E-state index is 10.0. The van der Waals surface area contributed by atoms with E-state index in [-0.39, 0.29) is 5.41 Å². The lowest BCUT2D eigenvalue weighted by Crippen LogP contribution is -2.18. The first-order chi connectivity index (χ1) is 8.93. The monoisotopic (exact) mass is 252 g/mol. The van der Waals surface area contributed by atoms with E-state index in [4.69, 9.17) is 0 Å². The molecule has 1 heteroatoms. The molecule has 2 aromatic rings. The van der Waals surface area contributed by atoms with E-state index in [0.717, 1.165) is 16.7 Å². The van der Waals surface area contributed by atoms with Crippen LogP contribution in [0.1, 0.15) is 37.5 Å². The van der Waals surface area contributed by atoms with Crippen LogP contribution in [-0.2, 0) is 5.41 Å². The highest BCUT2D eigenvalue weighted by molar-refractivity contribution is 5.62. The summed E-state index contributed by atoms with van der Waals surface area (Å²) < 4.78 is 0. The van der Waals surface area contributed by atoms with Gasteiger partial charge in [-0.1, -0.05) is 68.5 Å². The van der Waals surface area contributed by atoms with Crippen LogP contribution in [0, 0.1) is 0 Å². The van der Waals surface area contributed by atoms with Gasteiger partial charge in [0.2, 0.25) is 0 Å². The molecule has 1 N–H and O–H groups in total. The standard InChI is InChI=1S/C18H20O/c1-13(2)14-9-11-15(12-10-14)18(3,4)16-7-5-6-8-17(16)19/h5-12,19H,1H2,2-4H3. The van der Waals surface area contributed by atoms with E-state index in [1.165, 1.54) is 5.56 Å². The highest BCUT2D eigenvalue weighted by Gasteiger charge is 2.25. The molecule has 0 aromatic heterocycles. The molecular weight excluding hydrogens is 232 g/mol. The Balaban J connectivity index is 2.45. The Morgan fingerprint density at radius 1 is 1.00 bits per heavy atom. The number of phenolic OH excluding ortho intramolecular Hbond substituents is 1. The van der Waals surface area contributed by atoms with Gasteiger partial charge in [0.25, 0.3) is 0 Å². The molecule has 0 saturated heterocycles. The molecule has 0 aliphatic heterocycles. The molecule has 0 spiro atoms. The number of allylic oxidation sites excluding steroid dienone is 1. The van der Waals surface area contributed by atoms with E-state index in [9.17, 15) is 5.11 Å². The smallest absolute Gasteiger partial charge is 0.119 e. The topological polar surface area (TPSA) is 20.2 Å². The van der Waals surface area contributed by atoms with Gasteiger partial charge in [-0.3, -0.25) is 0 Å². The summed E-state index contributed by atoms with van der Waals surface area (Å²) in [6, 6.07) is 15.9. The van der Waals surface area contributed by atoms with Gasteiger partial charge in [0, 0.05) is 11.0 Å². The quantitative estimate of drug-likeness (QED) is 0.835. The van der Waals surface area contributed by atoms with Gasteiger partial charge in [0.05, 0.1) is 0 Å². The van der Waals surface area contributed by atoms with Crippen LogP contribution in [0.25, 0.3) is 5.57 Å². The summed E-state index contributed by atoms with van der Waals surface area (Å²) in [5, 5.41) is 10.0. The summed E-state index contributed by atoms with van der Waals surface area (Å²) >= 11 is 0. The summed E-state index contributed by atoms with van der Waals surface area (Å²) in [4.78, 5) is 0. The van der Waals surface area contributed by atoms with Crippen molar-refractivity contribution >= 4 is 5.57 Å². The molecule has 2 rings (SSSR count). The average molecular weight is 252 g/mol. The van der Waals surface area contributed by atoms with Crippen LogP contribution in [0.4, 0.5) is 0 Å². The van der Waals surface area contributed by atoms with E-state index >= 15 is 0 Å². The molecule has 0 amide bonds. The molecule has 2 aromatic carbocycles. The highest BCUT2D eigenvalue weighted by Crippen LogP contribution is 2.36. The maximum atomic E-state index is 10.0. The lowest BCUT2D eigenvalue weighted by Gasteiger charge is -2.27. The van der Waals surface area contributed by atoms with Gasteiger partial charge in [0.15, 0.2) is 0 Å². The predicted octanol–water partition coefficient (Wildman–Crippen LogP) is 4.75. The Labute approximate surface area is 115 Å². The lowest BCUT2D eigenvalue weighted by molar-refractivity contribution is 0.453. The molecule has 0 bridgehead atoms. The van der Waals surface area contributed by atoms with Crippen molar-refractivity contribution in [3.8, 4) is 5.75 Å². The van der Waals surface area contributed by atoms with Crippen LogP contribution in [-0.4, -0.2) is 5.11 Å². The van der Waals surface area contributed by atoms with Crippen LogP contribution in [0.3, 0.4) is 0 Å². The molecule has 0 aliphatic carbocycles. The van der Waals surface area contributed by atoms with Crippen molar-refractivity contribution in [2.75, 3.05) is 0 Å². The highest BCUT2D eigenvalue weighted by atomic mass is 16.3. The Kier molecular flexibility index (Phi) is 3.48. The second kappa shape index (κ2) is 4.93. The number of hydrogen-bond donors (Lipinski definition) is 1. The van der Waals surface area contributed by atoms with Gasteiger partial charge in [-0.15, -0.1) is 0 Å². The summed E-state index contributed by atoms with van der Waals surface area (Å²) in [5.74, 6) is 0.344. The van der Waals surface area contributed by atoms with Gasteiger partial charge >= 0.3 is 0 Å². The molecule has 0 unspecified atom stereocenters. The van der Waals surface area contributed by atoms with Crippen LogP contribution in [0.2, 0.25) is 0 Å². The predicted molar refractivity (Wildman–Crippen MR) is 81.4 cm³/mol. The van der Waals surface area contributed by atoms with E-state index in [2.05, 4.69) is 44.7 Å². The molecule has 0 atom stereocenters. The molecule has 1 nitrogen and oxygen atoms in total. The fourth-order valence-electron chi connectivity index (χ4n) is 2.33. The Bertz CT molecular complexity index is 591. The van der Waals surface area contributed by atoms with Crippen molar-refractivity contribution in [1.29, 1.82) is 0 Å². The molecule has 0 heterocycles. The van der Waals surface area contributed by atoms with Crippen molar-refractivity contribution in [3.05, 3.63) is 71.8 Å². The summed E-state index contributed by atoms with van der Waals surface area (Å²) in [7, 11) is 0. The Morgan fingerprint density at radius 2 is 1.58 bits per heavy atom. The average Bonchev–Trinajstić information content (AvgIpc) is 2.39. The largest absolute Gasteiger partial charge is 0.508 e. The first kappa shape index (κ1) is 13.4. The third kappa shape index (κ3) is 2.55. The second-order valence-corrected chi connectivity index (χ2v) is 5.50. The molecule has 98 valence electrons. The van der Waals surface area contributed by atoms with Crippen molar-refractivity contribution in [2.24, 2.45) is 0 Å². The van der Waals surface area contributed by atoms with Gasteiger partial charge < -0.3 is 5.11 Å². The summed E-state index contributed by atoms with van der Waals surface area (Å²) in [6.45, 7) is 10.2. The number of phenols is 1. The number of rotatable bonds is 3. The van der Waals surface area contributed by atoms with Crippen molar-refractivity contribution in [3.63, 3.8) is 0 Å². The van der Waals surface area contributed by atoms with E-state index in [0.29, 0.717) is 5.75 Å². The van der Waals surface area contributed by atoms with Gasteiger partial charge in [0.1, 0.15) is 5.75 Å². The normalized spacial score (nSPS) is 11.3. The van der Waals surface area contributed by atoms with Crippen LogP contribution in [0.5, 0.6) is 5.75 Å². The Morgan fingerprint density at radius 3 is 2.11 bits per heavy atom. The molecule has 19 heavy (non-hydrogen) atoms. The van der Waals surface area contributed by atoms with E-state index < -0.39 is 0 Å². The van der Waals surface area contributed by atoms with E-state index in [1.807, 2.05) is 25.1 Å². The van der Waals surface area contributed by atoms with Gasteiger partial charge in [-0.05, 0) is 24.1 Å². The zero-order valence-electron chi connectivity index (χ0n) is 11.8. The third-order valence-electron chi connectivity index (χ3n) is 3.68. The molecule has 0 radical (unpaired) electrons. The fourth-order valence-corrected chi connectivity index (χ4v) is 2.33. The minimum atomic E-state index is -0.223. The number of aromatic hydroxyl groups is 1. The van der Waals surface area contributed by atoms with Crippen LogP contribution >= 0.6 is 0 Å². The van der Waals surface area contributed by atoms with Gasteiger partial charge in [-0.25, -0.2) is 0 Å². The fraction of sp³-hybridized carbons (Fsp3) is 0.222. The zero-order valence-corrected chi connectivity index (χ0v) is 11.8. The maximum Gasteiger partial charge on any atom is 0.119 e. The first-order valence-corrected chi connectivity index (χ1v) is 6.48. The third-order valence-corrected chi connectivity index (χ3v) is 3.68. The van der Waals surface area contributed by atoms with Crippen molar-refractivity contribution in [1.82, 2.24) is 0 Å². The molecular formula is C18H20O. The minimum absolute atomic E-state index is 0.223. The number of para-hydroxylation sites is 1. The zero-order chi connectivity index (χ0) is 14.0. The SMILES string of the molecule is C=C(C)c1ccc(C(C)(C)c2ccccc2O)cc1. The molecule has 0 aliphatic rings. The molecule has 0 fully saturated rings. The number of benzene rings is 2. The summed E-state index contributed by atoms with van der Waals surface area (Å²) in [5.41, 5.74) is 4.11. The molecule has 0 saturated carbocycles. The van der Waals surface area contributed by atoms with Crippen molar-refractivity contribution in [2.45, 2.75) is 26.2 Å². The van der Waals surface area contributed by atoms with Crippen LogP contribution in [0.15, 0.2) is 55.1 Å². The van der Waals surface area contributed by atoms with E-state index in [1.54, 1.807) is 6.07 Å². The lowest BCUT2D eigenvalue weighted by atomic mass is 9.77. The minimum Gasteiger partial charge on any atom is -0.508 e. The van der Waals surface area contributed by atoms with Crippen molar-refractivity contribution < 1.29 is 5.11 Å². The van der Waals surface area contributed by atoms with Gasteiger partial charge in [-0.2, -0.15) is 0 Å².